The van der Waals surface area contributed by atoms with Gasteiger partial charge in [-0.05, 0) is 24.7 Å². The first kappa shape index (κ1) is 8.01. The van der Waals surface area contributed by atoms with Crippen molar-refractivity contribution >= 4 is 5.97 Å². The molecule has 68 valence electrons. The number of ether oxygens (including phenoxy) is 1. The summed E-state index contributed by atoms with van der Waals surface area (Å²) < 4.78 is 4.72. The number of methoxy groups -OCH3 is 1. The van der Waals surface area contributed by atoms with Gasteiger partial charge in [-0.25, -0.2) is 5.43 Å². The third-order valence-corrected chi connectivity index (χ3v) is 2.94. The van der Waals surface area contributed by atoms with Crippen molar-refractivity contribution in [1.82, 2.24) is 10.9 Å². The molecule has 1 aliphatic heterocycles. The number of rotatable bonds is 1. The van der Waals surface area contributed by atoms with Gasteiger partial charge in [0.2, 0.25) is 0 Å². The fourth-order valence-electron chi connectivity index (χ4n) is 1.91. The monoisotopic (exact) mass is 170 g/mol. The highest BCUT2D eigenvalue weighted by Crippen LogP contribution is 2.52. The summed E-state index contributed by atoms with van der Waals surface area (Å²) in [7, 11) is 1.44. The van der Waals surface area contributed by atoms with E-state index < -0.39 is 0 Å². The normalized spacial score (nSPS) is 31.6. The molecular formula is C8H14N2O2. The van der Waals surface area contributed by atoms with Crippen LogP contribution >= 0.6 is 0 Å². The molecule has 0 radical (unpaired) electrons. The molecule has 0 aromatic heterocycles. The molecule has 0 bridgehead atoms. The van der Waals surface area contributed by atoms with Crippen molar-refractivity contribution in [2.45, 2.75) is 25.3 Å². The molecule has 2 aliphatic rings. The van der Waals surface area contributed by atoms with Gasteiger partial charge in [-0.2, -0.15) is 0 Å². The molecular weight excluding hydrogens is 156 g/mol. The maximum atomic E-state index is 11.3. The van der Waals surface area contributed by atoms with Gasteiger partial charge >= 0.3 is 5.97 Å². The molecule has 1 atom stereocenters. The van der Waals surface area contributed by atoms with Gasteiger partial charge in [0, 0.05) is 6.54 Å². The zero-order valence-corrected chi connectivity index (χ0v) is 7.22. The van der Waals surface area contributed by atoms with Crippen LogP contribution in [0.3, 0.4) is 0 Å². The minimum absolute atomic E-state index is 0.128. The van der Waals surface area contributed by atoms with Gasteiger partial charge in [-0.1, -0.05) is 0 Å². The van der Waals surface area contributed by atoms with E-state index in [9.17, 15) is 4.79 Å². The van der Waals surface area contributed by atoms with Gasteiger partial charge in [-0.15, -0.1) is 0 Å². The van der Waals surface area contributed by atoms with Crippen molar-refractivity contribution in [3.05, 3.63) is 0 Å². The molecule has 4 nitrogen and oxygen atoms in total. The maximum Gasteiger partial charge on any atom is 0.324 e. The van der Waals surface area contributed by atoms with Crippen molar-refractivity contribution in [2.24, 2.45) is 5.41 Å². The molecule has 1 heterocycles. The van der Waals surface area contributed by atoms with Crippen LogP contribution < -0.4 is 10.9 Å². The fourth-order valence-corrected chi connectivity index (χ4v) is 1.91. The smallest absolute Gasteiger partial charge is 0.324 e. The molecule has 0 aromatic carbocycles. The zero-order valence-electron chi connectivity index (χ0n) is 7.22. The van der Waals surface area contributed by atoms with Crippen LogP contribution in [0.5, 0.6) is 0 Å². The van der Waals surface area contributed by atoms with Gasteiger partial charge in [0.25, 0.3) is 0 Å². The van der Waals surface area contributed by atoms with Crippen LogP contribution in [0.25, 0.3) is 0 Å². The molecule has 1 saturated heterocycles. The first-order chi connectivity index (χ1) is 5.78. The molecule has 2 fully saturated rings. The summed E-state index contributed by atoms with van der Waals surface area (Å²) in [5, 5.41) is 0. The first-order valence-electron chi connectivity index (χ1n) is 4.35. The van der Waals surface area contributed by atoms with Gasteiger partial charge in [0.1, 0.15) is 6.04 Å². The zero-order chi connectivity index (χ0) is 8.60. The second-order valence-electron chi connectivity index (χ2n) is 3.64. The summed E-state index contributed by atoms with van der Waals surface area (Å²) in [6, 6.07) is -0.128. The standard InChI is InChI=1S/C8H14N2O2/c1-12-7(11)6-8(2-3-8)4-5-9-10-6/h6,9-10H,2-5H2,1H3. The molecule has 1 spiro atoms. The lowest BCUT2D eigenvalue weighted by Crippen LogP contribution is -2.56. The molecule has 4 heteroatoms. The minimum Gasteiger partial charge on any atom is -0.468 e. The topological polar surface area (TPSA) is 50.4 Å². The molecule has 1 saturated carbocycles. The van der Waals surface area contributed by atoms with Crippen molar-refractivity contribution in [2.75, 3.05) is 13.7 Å². The van der Waals surface area contributed by atoms with E-state index in [1.807, 2.05) is 0 Å². The molecule has 12 heavy (non-hydrogen) atoms. The predicted octanol–water partition coefficient (Wildman–Crippen LogP) is -0.194. The van der Waals surface area contributed by atoms with Crippen LogP contribution in [0, 0.1) is 5.41 Å². The van der Waals surface area contributed by atoms with Crippen LogP contribution in [-0.4, -0.2) is 25.7 Å². The van der Waals surface area contributed by atoms with Crippen LogP contribution in [0.4, 0.5) is 0 Å². The van der Waals surface area contributed by atoms with Gasteiger partial charge in [-0.3, -0.25) is 10.2 Å². The number of nitrogens with one attached hydrogen (secondary N) is 2. The Hall–Kier alpha value is -0.610. The molecule has 2 N–H and O–H groups in total. The van der Waals surface area contributed by atoms with Crippen LogP contribution in [0.15, 0.2) is 0 Å². The Bertz CT molecular complexity index is 201. The van der Waals surface area contributed by atoms with E-state index in [-0.39, 0.29) is 17.4 Å². The van der Waals surface area contributed by atoms with Crippen molar-refractivity contribution in [1.29, 1.82) is 0 Å². The highest BCUT2D eigenvalue weighted by Gasteiger charge is 2.53. The number of hydrogen-bond acceptors (Lipinski definition) is 4. The van der Waals surface area contributed by atoms with E-state index in [0.29, 0.717) is 0 Å². The predicted molar refractivity (Wildman–Crippen MR) is 43.2 cm³/mol. The molecule has 0 aromatic rings. The summed E-state index contributed by atoms with van der Waals surface area (Å²) in [4.78, 5) is 11.3. The Morgan fingerprint density at radius 3 is 2.83 bits per heavy atom. The van der Waals surface area contributed by atoms with E-state index in [1.54, 1.807) is 0 Å². The Morgan fingerprint density at radius 2 is 2.25 bits per heavy atom. The van der Waals surface area contributed by atoms with E-state index in [2.05, 4.69) is 10.9 Å². The Balaban J connectivity index is 2.06. The van der Waals surface area contributed by atoms with Crippen molar-refractivity contribution in [3.8, 4) is 0 Å². The third-order valence-electron chi connectivity index (χ3n) is 2.94. The molecule has 1 unspecified atom stereocenters. The number of carbonyl (C=O) groups excluding carboxylic acids is 1. The minimum atomic E-state index is -0.139. The Kier molecular flexibility index (Phi) is 1.81. The number of esters is 1. The highest BCUT2D eigenvalue weighted by molar-refractivity contribution is 5.77. The van der Waals surface area contributed by atoms with E-state index in [4.69, 9.17) is 4.74 Å². The van der Waals surface area contributed by atoms with Crippen molar-refractivity contribution in [3.63, 3.8) is 0 Å². The summed E-state index contributed by atoms with van der Waals surface area (Å²) in [6.45, 7) is 0.952. The summed E-state index contributed by atoms with van der Waals surface area (Å²) in [5.41, 5.74) is 6.21. The lowest BCUT2D eigenvalue weighted by atomic mass is 9.91. The molecule has 0 amide bonds. The lowest BCUT2D eigenvalue weighted by molar-refractivity contribution is -0.146. The first-order valence-corrected chi connectivity index (χ1v) is 4.35. The average Bonchev–Trinajstić information content (AvgIpc) is 2.85. The van der Waals surface area contributed by atoms with Crippen LogP contribution in [-0.2, 0) is 9.53 Å². The lowest BCUT2D eigenvalue weighted by Gasteiger charge is -2.30. The molecule has 2 rings (SSSR count). The fraction of sp³-hybridized carbons (Fsp3) is 0.875. The maximum absolute atomic E-state index is 11.3. The quantitative estimate of drug-likeness (QED) is 0.535. The van der Waals surface area contributed by atoms with Gasteiger partial charge < -0.3 is 4.74 Å². The second-order valence-corrected chi connectivity index (χ2v) is 3.64. The summed E-state index contributed by atoms with van der Waals surface area (Å²) in [6.07, 6.45) is 3.39. The Labute approximate surface area is 71.6 Å². The average molecular weight is 170 g/mol. The van der Waals surface area contributed by atoms with Gasteiger partial charge in [0.15, 0.2) is 0 Å². The summed E-state index contributed by atoms with van der Waals surface area (Å²) >= 11 is 0. The molecule has 1 aliphatic carbocycles. The third kappa shape index (κ3) is 1.11. The number of carbonyl (C=O) groups is 1. The van der Waals surface area contributed by atoms with E-state index >= 15 is 0 Å². The van der Waals surface area contributed by atoms with Gasteiger partial charge in [0.05, 0.1) is 7.11 Å². The summed E-state index contributed by atoms with van der Waals surface area (Å²) in [5.74, 6) is -0.139. The second kappa shape index (κ2) is 2.71. The van der Waals surface area contributed by atoms with E-state index in [1.165, 1.54) is 7.11 Å². The SMILES string of the molecule is COC(=O)C1NNCCC12CC2. The number of hydrazine groups is 1. The van der Waals surface area contributed by atoms with E-state index in [0.717, 1.165) is 25.8 Å². The highest BCUT2D eigenvalue weighted by atomic mass is 16.5. The van der Waals surface area contributed by atoms with Crippen LogP contribution in [0.1, 0.15) is 19.3 Å². The van der Waals surface area contributed by atoms with Crippen molar-refractivity contribution < 1.29 is 9.53 Å². The number of hydrogen-bond donors (Lipinski definition) is 2. The Morgan fingerprint density at radius 1 is 1.50 bits per heavy atom. The van der Waals surface area contributed by atoms with Crippen LogP contribution in [0.2, 0.25) is 0 Å². The largest absolute Gasteiger partial charge is 0.468 e.